The number of nitrogens with zero attached hydrogens (tertiary/aromatic N) is 8. The molecule has 0 atom stereocenters. The highest BCUT2D eigenvalue weighted by Crippen LogP contribution is 2.29. The minimum atomic E-state index is -1.37. The molecule has 1 N–H and O–H groups in total. The van der Waals surface area contributed by atoms with Crippen LogP contribution >= 0.6 is 15.9 Å². The zero-order valence-corrected chi connectivity index (χ0v) is 20.9. The minimum absolute atomic E-state index is 0.166. The van der Waals surface area contributed by atoms with Gasteiger partial charge in [0.05, 0.1) is 24.3 Å². The molecule has 0 spiro atoms. The summed E-state index contributed by atoms with van der Waals surface area (Å²) in [6, 6.07) is 4.47. The Labute approximate surface area is 213 Å². The van der Waals surface area contributed by atoms with Crippen molar-refractivity contribution in [2.24, 2.45) is 14.1 Å². The Balaban J connectivity index is 1.64. The van der Waals surface area contributed by atoms with Gasteiger partial charge in [-0.05, 0) is 34.1 Å². The van der Waals surface area contributed by atoms with Crippen LogP contribution < -0.4 is 16.7 Å². The molecule has 0 aliphatic rings. The van der Waals surface area contributed by atoms with Gasteiger partial charge in [0.15, 0.2) is 17.5 Å². The number of aromatic nitrogens is 8. The van der Waals surface area contributed by atoms with Crippen molar-refractivity contribution in [1.29, 1.82) is 0 Å². The van der Waals surface area contributed by atoms with Gasteiger partial charge in [0, 0.05) is 41.8 Å². The summed E-state index contributed by atoms with van der Waals surface area (Å²) in [6.45, 7) is -0.864. The molecule has 0 saturated heterocycles. The summed E-state index contributed by atoms with van der Waals surface area (Å²) in [7, 11) is 3.37. The summed E-state index contributed by atoms with van der Waals surface area (Å²) in [5.41, 5.74) is -1.02. The van der Waals surface area contributed by atoms with Crippen molar-refractivity contribution in [2.45, 2.75) is 13.1 Å². The van der Waals surface area contributed by atoms with E-state index in [9.17, 15) is 22.8 Å². The highest BCUT2D eigenvalue weighted by molar-refractivity contribution is 9.10. The van der Waals surface area contributed by atoms with Gasteiger partial charge in [-0.25, -0.2) is 32.3 Å². The Hall–Kier alpha value is -4.27. The van der Waals surface area contributed by atoms with Gasteiger partial charge in [-0.2, -0.15) is 15.2 Å². The van der Waals surface area contributed by atoms with E-state index < -0.39 is 35.4 Å². The number of fused-ring (bicyclic) bond motifs is 1. The van der Waals surface area contributed by atoms with Crippen molar-refractivity contribution in [2.75, 3.05) is 5.32 Å². The van der Waals surface area contributed by atoms with Gasteiger partial charge in [0.25, 0.3) is 0 Å². The third-order valence-electron chi connectivity index (χ3n) is 5.47. The number of halogens is 4. The second kappa shape index (κ2) is 9.31. The quantitative estimate of drug-likeness (QED) is 0.309. The third-order valence-corrected chi connectivity index (χ3v) is 6.12. The van der Waals surface area contributed by atoms with E-state index in [1.165, 1.54) is 11.0 Å². The van der Waals surface area contributed by atoms with E-state index in [4.69, 9.17) is 0 Å². The first kappa shape index (κ1) is 24.4. The summed E-state index contributed by atoms with van der Waals surface area (Å²) >= 11 is 3.42. The lowest BCUT2D eigenvalue weighted by molar-refractivity contribution is 0.485. The van der Waals surface area contributed by atoms with Gasteiger partial charge in [0.2, 0.25) is 5.95 Å². The predicted octanol–water partition coefficient (Wildman–Crippen LogP) is 2.44. The number of benzene rings is 2. The van der Waals surface area contributed by atoms with Crippen molar-refractivity contribution in [3.05, 3.63) is 91.1 Å². The van der Waals surface area contributed by atoms with Crippen molar-refractivity contribution in [3.63, 3.8) is 0 Å². The second-order valence-electron chi connectivity index (χ2n) is 8.18. The van der Waals surface area contributed by atoms with Gasteiger partial charge in [-0.1, -0.05) is 0 Å². The maximum Gasteiger partial charge on any atom is 0.355 e. The first-order valence-corrected chi connectivity index (χ1v) is 11.5. The van der Waals surface area contributed by atoms with E-state index in [0.29, 0.717) is 27.8 Å². The van der Waals surface area contributed by atoms with Gasteiger partial charge in [-0.3, -0.25) is 13.9 Å². The number of hydrogen-bond donors (Lipinski definition) is 1. The average molecular weight is 576 g/mol. The number of anilines is 2. The molecule has 0 radical (unpaired) electrons. The molecule has 0 aliphatic heterocycles. The molecule has 11 nitrogen and oxygen atoms in total. The topological polar surface area (TPSA) is 117 Å². The van der Waals surface area contributed by atoms with E-state index in [1.54, 1.807) is 37.1 Å². The molecule has 0 saturated carbocycles. The second-order valence-corrected chi connectivity index (χ2v) is 9.04. The molecule has 3 aromatic heterocycles. The molecule has 0 bridgehead atoms. The van der Waals surface area contributed by atoms with Gasteiger partial charge in [0.1, 0.15) is 12.1 Å². The first-order chi connectivity index (χ1) is 17.6. The maximum atomic E-state index is 14.5. The van der Waals surface area contributed by atoms with Crippen molar-refractivity contribution in [1.82, 2.24) is 38.7 Å². The van der Waals surface area contributed by atoms with Crippen LogP contribution in [0.1, 0.15) is 11.4 Å². The monoisotopic (exact) mass is 575 g/mol. The van der Waals surface area contributed by atoms with Crippen molar-refractivity contribution < 1.29 is 13.2 Å². The van der Waals surface area contributed by atoms with Crippen LogP contribution in [0.25, 0.3) is 10.9 Å². The molecule has 37 heavy (non-hydrogen) atoms. The summed E-state index contributed by atoms with van der Waals surface area (Å²) in [5, 5.41) is 12.0. The lowest BCUT2D eigenvalue weighted by Gasteiger charge is -2.16. The SMILES string of the molecule is Cn1cnc(Cn2c(=O)nc(Nc3cc4cn(C)nc4cc3Br)n(Cc3cc(F)c(F)cc3F)c2=O)n1. The predicted molar refractivity (Wildman–Crippen MR) is 130 cm³/mol. The fourth-order valence-electron chi connectivity index (χ4n) is 3.74. The van der Waals surface area contributed by atoms with Crippen molar-refractivity contribution in [3.8, 4) is 0 Å². The van der Waals surface area contributed by atoms with E-state index in [0.717, 1.165) is 14.5 Å². The normalized spacial score (nSPS) is 11.4. The van der Waals surface area contributed by atoms with Crippen LogP contribution in [0.15, 0.2) is 50.9 Å². The van der Waals surface area contributed by atoms with Crippen LogP contribution in [-0.2, 0) is 27.2 Å². The molecule has 0 aliphatic carbocycles. The summed E-state index contributed by atoms with van der Waals surface area (Å²) < 4.78 is 47.2. The standard InChI is InChI=1S/C22H17BrF3N9O2/c1-32-7-12-4-18(13(23)5-17(12)30-32)28-20-29-21(36)35(9-19-27-10-33(2)31-19)22(37)34(20)8-11-3-15(25)16(26)6-14(11)24/h3-7,10H,8-9H2,1-2H3,(H,28,29,36). The number of aryl methyl sites for hydroxylation is 2. The van der Waals surface area contributed by atoms with Crippen LogP contribution in [0.5, 0.6) is 0 Å². The van der Waals surface area contributed by atoms with E-state index in [1.807, 2.05) is 0 Å². The van der Waals surface area contributed by atoms with Gasteiger partial charge < -0.3 is 5.32 Å². The molecular formula is C22H17BrF3N9O2. The molecule has 5 rings (SSSR count). The van der Waals surface area contributed by atoms with Gasteiger partial charge in [-0.15, -0.1) is 0 Å². The number of nitrogens with one attached hydrogen (secondary N) is 1. The largest absolute Gasteiger partial charge is 0.355 e. The Morgan fingerprint density at radius 1 is 0.919 bits per heavy atom. The minimum Gasteiger partial charge on any atom is -0.324 e. The van der Waals surface area contributed by atoms with E-state index in [2.05, 4.69) is 41.4 Å². The van der Waals surface area contributed by atoms with Crippen LogP contribution in [0, 0.1) is 17.5 Å². The molecule has 2 aromatic carbocycles. The first-order valence-electron chi connectivity index (χ1n) is 10.7. The molecule has 0 unspecified atom stereocenters. The Morgan fingerprint density at radius 3 is 2.41 bits per heavy atom. The zero-order chi connectivity index (χ0) is 26.4. The molecule has 0 fully saturated rings. The average Bonchev–Trinajstić information content (AvgIpc) is 3.40. The highest BCUT2D eigenvalue weighted by Gasteiger charge is 2.19. The Morgan fingerprint density at radius 2 is 1.68 bits per heavy atom. The fourth-order valence-corrected chi connectivity index (χ4v) is 4.17. The molecule has 5 aromatic rings. The third kappa shape index (κ3) is 4.76. The zero-order valence-electron chi connectivity index (χ0n) is 19.3. The Bertz CT molecular complexity index is 1790. The van der Waals surface area contributed by atoms with Crippen LogP contribution in [0.2, 0.25) is 0 Å². The van der Waals surface area contributed by atoms with Crippen LogP contribution in [0.3, 0.4) is 0 Å². The van der Waals surface area contributed by atoms with Crippen LogP contribution in [-0.4, -0.2) is 38.7 Å². The number of rotatable bonds is 6. The van der Waals surface area contributed by atoms with E-state index >= 15 is 0 Å². The summed E-state index contributed by atoms with van der Waals surface area (Å²) in [4.78, 5) is 34.3. The summed E-state index contributed by atoms with van der Waals surface area (Å²) in [6.07, 6.45) is 3.16. The lowest BCUT2D eigenvalue weighted by Crippen LogP contribution is -2.43. The number of hydrogen-bond acceptors (Lipinski definition) is 7. The molecule has 190 valence electrons. The highest BCUT2D eigenvalue weighted by atomic mass is 79.9. The molecular weight excluding hydrogens is 559 g/mol. The smallest absolute Gasteiger partial charge is 0.324 e. The van der Waals surface area contributed by atoms with Gasteiger partial charge >= 0.3 is 11.4 Å². The fraction of sp³-hybridized carbons (Fsp3) is 0.182. The maximum absolute atomic E-state index is 14.5. The lowest BCUT2D eigenvalue weighted by atomic mass is 10.2. The molecule has 3 heterocycles. The molecule has 15 heteroatoms. The summed E-state index contributed by atoms with van der Waals surface area (Å²) in [5.74, 6) is -3.81. The Kier molecular flexibility index (Phi) is 6.15. The van der Waals surface area contributed by atoms with Crippen LogP contribution in [0.4, 0.5) is 24.8 Å². The van der Waals surface area contributed by atoms with Crippen molar-refractivity contribution >= 4 is 38.5 Å². The van der Waals surface area contributed by atoms with E-state index in [-0.39, 0.29) is 23.9 Å². The molecule has 0 amide bonds.